The fourth-order valence-corrected chi connectivity index (χ4v) is 2.61. The Labute approximate surface area is 131 Å². The van der Waals surface area contributed by atoms with Crippen molar-refractivity contribution in [3.63, 3.8) is 0 Å². The average Bonchev–Trinajstić information content (AvgIpc) is 2.92. The van der Waals surface area contributed by atoms with Gasteiger partial charge in [-0.15, -0.1) is 11.3 Å². The Morgan fingerprint density at radius 1 is 1.57 bits per heavy atom. The van der Waals surface area contributed by atoms with E-state index in [2.05, 4.69) is 15.0 Å². The molecule has 0 saturated carbocycles. The summed E-state index contributed by atoms with van der Waals surface area (Å²) in [5.41, 5.74) is 2.01. The first-order valence-corrected chi connectivity index (χ1v) is 7.36. The number of nitriles is 1. The van der Waals surface area contributed by atoms with Crippen molar-refractivity contribution in [3.8, 4) is 6.07 Å². The summed E-state index contributed by atoms with van der Waals surface area (Å²) in [4.78, 5) is 15.5. The number of aromatic nitrogens is 1. The third-order valence-electron chi connectivity index (χ3n) is 2.71. The second-order valence-electron chi connectivity index (χ2n) is 4.15. The molecule has 0 amide bonds. The molecule has 0 unspecified atom stereocenters. The molecule has 0 atom stereocenters. The third-order valence-corrected chi connectivity index (χ3v) is 3.82. The number of hydrogen-bond acceptors (Lipinski definition) is 6. The van der Waals surface area contributed by atoms with E-state index in [1.54, 1.807) is 18.2 Å². The Morgan fingerprint density at radius 3 is 3.05 bits per heavy atom. The van der Waals surface area contributed by atoms with Crippen LogP contribution in [0.25, 0.3) is 0 Å². The predicted octanol–water partition coefficient (Wildman–Crippen LogP) is 3.52. The number of halogens is 1. The minimum Gasteiger partial charge on any atom is -0.469 e. The maximum absolute atomic E-state index is 11.1. The molecule has 0 aliphatic heterocycles. The molecule has 108 valence electrons. The minimum absolute atomic E-state index is 0.253. The van der Waals surface area contributed by atoms with Crippen molar-refractivity contribution in [3.05, 3.63) is 39.9 Å². The van der Waals surface area contributed by atoms with Crippen LogP contribution in [0.5, 0.6) is 0 Å². The zero-order chi connectivity index (χ0) is 15.2. The van der Waals surface area contributed by atoms with Crippen LogP contribution < -0.4 is 5.32 Å². The zero-order valence-electron chi connectivity index (χ0n) is 11.2. The van der Waals surface area contributed by atoms with Gasteiger partial charge in [0.25, 0.3) is 0 Å². The highest BCUT2D eigenvalue weighted by Crippen LogP contribution is 2.25. The number of ether oxygens (including phenoxy) is 1. The van der Waals surface area contributed by atoms with Crippen LogP contribution in [0.4, 0.5) is 10.8 Å². The van der Waals surface area contributed by atoms with Crippen LogP contribution in [0.1, 0.15) is 17.7 Å². The molecule has 0 fully saturated rings. The Balaban J connectivity index is 2.01. The van der Waals surface area contributed by atoms with Crippen LogP contribution in [-0.2, 0) is 16.0 Å². The van der Waals surface area contributed by atoms with Crippen molar-refractivity contribution in [2.45, 2.75) is 12.8 Å². The molecule has 1 aromatic carbocycles. The van der Waals surface area contributed by atoms with Gasteiger partial charge in [-0.2, -0.15) is 5.26 Å². The number of anilines is 2. The summed E-state index contributed by atoms with van der Waals surface area (Å²) < 4.78 is 4.59. The van der Waals surface area contributed by atoms with E-state index in [-0.39, 0.29) is 5.97 Å². The lowest BCUT2D eigenvalue weighted by atomic mass is 10.2. The molecule has 1 aromatic heterocycles. The number of rotatable bonds is 5. The molecule has 21 heavy (non-hydrogen) atoms. The van der Waals surface area contributed by atoms with Crippen molar-refractivity contribution >= 4 is 39.7 Å². The number of nitrogens with one attached hydrogen (secondary N) is 1. The molecule has 7 heteroatoms. The molecule has 0 saturated heterocycles. The van der Waals surface area contributed by atoms with E-state index in [4.69, 9.17) is 16.9 Å². The van der Waals surface area contributed by atoms with Gasteiger partial charge in [-0.25, -0.2) is 4.98 Å². The summed E-state index contributed by atoms with van der Waals surface area (Å²) in [5, 5.41) is 14.9. The quantitative estimate of drug-likeness (QED) is 0.853. The van der Waals surface area contributed by atoms with Crippen LogP contribution in [-0.4, -0.2) is 18.1 Å². The average molecular weight is 322 g/mol. The van der Waals surface area contributed by atoms with Crippen molar-refractivity contribution in [1.29, 1.82) is 5.26 Å². The fourth-order valence-electron chi connectivity index (χ4n) is 1.62. The van der Waals surface area contributed by atoms with E-state index in [9.17, 15) is 4.79 Å². The largest absolute Gasteiger partial charge is 0.469 e. The molecule has 2 rings (SSSR count). The SMILES string of the molecule is COC(=O)CCc1csc(Nc2ccc(C#N)c(Cl)c2)n1. The first-order valence-electron chi connectivity index (χ1n) is 6.10. The standard InChI is InChI=1S/C14H12ClN3O2S/c1-20-13(19)5-4-11-8-21-14(18-11)17-10-3-2-9(7-16)12(15)6-10/h2-3,6,8H,4-5H2,1H3,(H,17,18). The number of hydrogen-bond donors (Lipinski definition) is 1. The number of nitrogens with zero attached hydrogens (tertiary/aromatic N) is 2. The van der Waals surface area contributed by atoms with Crippen molar-refractivity contribution in [2.75, 3.05) is 12.4 Å². The van der Waals surface area contributed by atoms with E-state index in [1.807, 2.05) is 11.4 Å². The normalized spacial score (nSPS) is 9.95. The van der Waals surface area contributed by atoms with Crippen molar-refractivity contribution < 1.29 is 9.53 Å². The second kappa shape index (κ2) is 7.07. The van der Waals surface area contributed by atoms with E-state index in [0.717, 1.165) is 11.4 Å². The number of thiazole rings is 1. The first kappa shape index (κ1) is 15.3. The highest BCUT2D eigenvalue weighted by atomic mass is 35.5. The number of esters is 1. The van der Waals surface area contributed by atoms with Gasteiger partial charge in [0.1, 0.15) is 6.07 Å². The van der Waals surface area contributed by atoms with Gasteiger partial charge in [-0.3, -0.25) is 4.79 Å². The van der Waals surface area contributed by atoms with Crippen LogP contribution in [0.2, 0.25) is 5.02 Å². The molecule has 1 heterocycles. The topological polar surface area (TPSA) is 75.0 Å². The molecule has 0 aliphatic carbocycles. The molecule has 1 N–H and O–H groups in total. The molecule has 0 spiro atoms. The van der Waals surface area contributed by atoms with Crippen LogP contribution in [0, 0.1) is 11.3 Å². The number of benzene rings is 1. The molecule has 0 bridgehead atoms. The second-order valence-corrected chi connectivity index (χ2v) is 5.42. The third kappa shape index (κ3) is 4.18. The lowest BCUT2D eigenvalue weighted by Gasteiger charge is -2.03. The molecule has 0 radical (unpaired) electrons. The molecular formula is C14H12ClN3O2S. The van der Waals surface area contributed by atoms with E-state index < -0.39 is 0 Å². The van der Waals surface area contributed by atoms with Gasteiger partial charge in [-0.05, 0) is 18.2 Å². The van der Waals surface area contributed by atoms with E-state index in [0.29, 0.717) is 28.6 Å². The Hall–Kier alpha value is -2.10. The highest BCUT2D eigenvalue weighted by molar-refractivity contribution is 7.13. The molecule has 0 aliphatic rings. The lowest BCUT2D eigenvalue weighted by Crippen LogP contribution is -2.02. The van der Waals surface area contributed by atoms with E-state index >= 15 is 0 Å². The van der Waals surface area contributed by atoms with Crippen LogP contribution >= 0.6 is 22.9 Å². The van der Waals surface area contributed by atoms with Crippen LogP contribution in [0.15, 0.2) is 23.6 Å². The molecule has 5 nitrogen and oxygen atoms in total. The summed E-state index contributed by atoms with van der Waals surface area (Å²) in [7, 11) is 1.37. The maximum atomic E-state index is 11.1. The Bertz CT molecular complexity index is 694. The van der Waals surface area contributed by atoms with Gasteiger partial charge in [0, 0.05) is 17.5 Å². The zero-order valence-corrected chi connectivity index (χ0v) is 12.8. The lowest BCUT2D eigenvalue weighted by molar-refractivity contribution is -0.140. The van der Waals surface area contributed by atoms with Gasteiger partial charge in [0.15, 0.2) is 5.13 Å². The van der Waals surface area contributed by atoms with Gasteiger partial charge < -0.3 is 10.1 Å². The monoisotopic (exact) mass is 321 g/mol. The van der Waals surface area contributed by atoms with Gasteiger partial charge in [0.05, 0.1) is 29.8 Å². The number of methoxy groups -OCH3 is 1. The van der Waals surface area contributed by atoms with Gasteiger partial charge in [-0.1, -0.05) is 11.6 Å². The molecule has 2 aromatic rings. The highest BCUT2D eigenvalue weighted by Gasteiger charge is 2.07. The van der Waals surface area contributed by atoms with E-state index in [1.165, 1.54) is 18.4 Å². The van der Waals surface area contributed by atoms with Gasteiger partial charge in [0.2, 0.25) is 0 Å². The Morgan fingerprint density at radius 2 is 2.38 bits per heavy atom. The summed E-state index contributed by atoms with van der Waals surface area (Å²) in [5.74, 6) is -0.253. The minimum atomic E-state index is -0.253. The first-order chi connectivity index (χ1) is 10.1. The fraction of sp³-hybridized carbons (Fsp3) is 0.214. The smallest absolute Gasteiger partial charge is 0.305 e. The number of carbonyl (C=O) groups excluding carboxylic acids is 1. The molecular weight excluding hydrogens is 310 g/mol. The number of aryl methyl sites for hydroxylation is 1. The summed E-state index contributed by atoms with van der Waals surface area (Å²) in [6.45, 7) is 0. The summed E-state index contributed by atoms with van der Waals surface area (Å²) >= 11 is 7.41. The van der Waals surface area contributed by atoms with Gasteiger partial charge >= 0.3 is 5.97 Å². The summed E-state index contributed by atoms with van der Waals surface area (Å²) in [6.07, 6.45) is 0.849. The van der Waals surface area contributed by atoms with Crippen molar-refractivity contribution in [1.82, 2.24) is 4.98 Å². The summed E-state index contributed by atoms with van der Waals surface area (Å²) in [6, 6.07) is 7.10. The number of carbonyl (C=O) groups is 1. The van der Waals surface area contributed by atoms with Crippen LogP contribution in [0.3, 0.4) is 0 Å². The Kier molecular flexibility index (Phi) is 5.14. The predicted molar refractivity (Wildman–Crippen MR) is 81.9 cm³/mol. The van der Waals surface area contributed by atoms with Crippen molar-refractivity contribution in [2.24, 2.45) is 0 Å². The maximum Gasteiger partial charge on any atom is 0.305 e.